The summed E-state index contributed by atoms with van der Waals surface area (Å²) in [4.78, 5) is 16.4. The van der Waals surface area contributed by atoms with Gasteiger partial charge in [-0.1, -0.05) is 30.3 Å². The van der Waals surface area contributed by atoms with Gasteiger partial charge in [0.05, 0.1) is 11.9 Å². The minimum atomic E-state index is -0.346. The normalized spacial score (nSPS) is 11.0. The maximum absolute atomic E-state index is 12.1. The van der Waals surface area contributed by atoms with Crippen LogP contribution in [0.4, 0.5) is 0 Å². The Bertz CT molecular complexity index is 850. The van der Waals surface area contributed by atoms with Crippen molar-refractivity contribution in [1.29, 1.82) is 0 Å². The van der Waals surface area contributed by atoms with E-state index < -0.39 is 0 Å². The Balaban J connectivity index is 1.69. The lowest BCUT2D eigenvalue weighted by Crippen LogP contribution is -2.18. The Labute approximate surface area is 137 Å². The van der Waals surface area contributed by atoms with Crippen molar-refractivity contribution in [2.24, 2.45) is 5.10 Å². The molecule has 0 radical (unpaired) electrons. The lowest BCUT2D eigenvalue weighted by molar-refractivity contribution is 0.0951. The summed E-state index contributed by atoms with van der Waals surface area (Å²) < 4.78 is 1.73. The molecular weight excluding hydrogens is 310 g/mol. The first-order valence-corrected chi connectivity index (χ1v) is 7.89. The van der Waals surface area contributed by atoms with E-state index in [2.05, 4.69) is 20.6 Å². The van der Waals surface area contributed by atoms with Crippen molar-refractivity contribution in [2.75, 3.05) is 0 Å². The van der Waals surface area contributed by atoms with Crippen LogP contribution >= 0.6 is 11.3 Å². The second-order valence-corrected chi connectivity index (χ2v) is 5.80. The fourth-order valence-corrected chi connectivity index (χ4v) is 2.86. The molecular formula is C16H15N5OS. The number of nitrogens with zero attached hydrogens (tertiary/aromatic N) is 4. The molecule has 3 aromatic rings. The third-order valence-electron chi connectivity index (χ3n) is 3.09. The molecule has 2 heterocycles. The van der Waals surface area contributed by atoms with E-state index in [0.717, 1.165) is 17.0 Å². The Morgan fingerprint density at radius 1 is 1.30 bits per heavy atom. The van der Waals surface area contributed by atoms with Crippen LogP contribution in [0.2, 0.25) is 0 Å². The smallest absolute Gasteiger partial charge is 0.266 e. The van der Waals surface area contributed by atoms with Crippen LogP contribution in [0.3, 0.4) is 0 Å². The number of hydrogen-bond acceptors (Lipinski definition) is 5. The summed E-state index contributed by atoms with van der Waals surface area (Å²) in [6.07, 6.45) is 1.59. The molecule has 0 aliphatic carbocycles. The zero-order valence-corrected chi connectivity index (χ0v) is 13.5. The van der Waals surface area contributed by atoms with E-state index in [1.165, 1.54) is 11.3 Å². The summed E-state index contributed by atoms with van der Waals surface area (Å²) in [5.41, 5.74) is 5.60. The number of hydrogen-bond donors (Lipinski definition) is 1. The number of amides is 1. The SMILES string of the molecule is Cc1cc(C)n(-c2nc(C(=O)N/N=C\c3ccccc3)cs2)n1. The largest absolute Gasteiger partial charge is 0.290 e. The highest BCUT2D eigenvalue weighted by atomic mass is 32.1. The molecule has 116 valence electrons. The molecule has 7 heteroatoms. The molecule has 2 aromatic heterocycles. The van der Waals surface area contributed by atoms with Crippen molar-refractivity contribution in [2.45, 2.75) is 13.8 Å². The summed E-state index contributed by atoms with van der Waals surface area (Å²) in [5, 5.41) is 10.7. The molecule has 23 heavy (non-hydrogen) atoms. The van der Waals surface area contributed by atoms with E-state index in [-0.39, 0.29) is 5.91 Å². The van der Waals surface area contributed by atoms with Crippen LogP contribution < -0.4 is 5.43 Å². The lowest BCUT2D eigenvalue weighted by atomic mass is 10.2. The molecule has 0 fully saturated rings. The zero-order chi connectivity index (χ0) is 16.2. The van der Waals surface area contributed by atoms with Crippen LogP contribution in [0.5, 0.6) is 0 Å². The molecule has 0 aliphatic heterocycles. The first-order chi connectivity index (χ1) is 11.1. The van der Waals surface area contributed by atoms with Gasteiger partial charge < -0.3 is 0 Å². The quantitative estimate of drug-likeness (QED) is 0.592. The average molecular weight is 325 g/mol. The molecule has 3 rings (SSSR count). The number of carbonyl (C=O) groups excluding carboxylic acids is 1. The molecule has 0 bridgehead atoms. The summed E-state index contributed by atoms with van der Waals surface area (Å²) in [5.74, 6) is -0.346. The predicted octanol–water partition coefficient (Wildman–Crippen LogP) is 2.71. The second-order valence-electron chi connectivity index (χ2n) is 4.96. The van der Waals surface area contributed by atoms with Gasteiger partial charge in [0.15, 0.2) is 0 Å². The summed E-state index contributed by atoms with van der Waals surface area (Å²) >= 11 is 1.36. The fourth-order valence-electron chi connectivity index (χ4n) is 2.05. The van der Waals surface area contributed by atoms with Gasteiger partial charge in [-0.3, -0.25) is 4.79 Å². The Morgan fingerprint density at radius 3 is 2.78 bits per heavy atom. The molecule has 0 saturated carbocycles. The van der Waals surface area contributed by atoms with Gasteiger partial charge in [-0.2, -0.15) is 10.2 Å². The van der Waals surface area contributed by atoms with E-state index in [9.17, 15) is 4.79 Å². The second kappa shape index (κ2) is 6.53. The molecule has 0 aliphatic rings. The minimum Gasteiger partial charge on any atom is -0.266 e. The number of carbonyl (C=O) groups is 1. The predicted molar refractivity (Wildman–Crippen MR) is 90.2 cm³/mol. The molecule has 0 atom stereocenters. The first kappa shape index (κ1) is 15.1. The lowest BCUT2D eigenvalue weighted by Gasteiger charge is -1.98. The number of benzene rings is 1. The summed E-state index contributed by atoms with van der Waals surface area (Å²) in [6, 6.07) is 11.5. The summed E-state index contributed by atoms with van der Waals surface area (Å²) in [7, 11) is 0. The Kier molecular flexibility index (Phi) is 4.29. The van der Waals surface area contributed by atoms with E-state index >= 15 is 0 Å². The summed E-state index contributed by atoms with van der Waals surface area (Å²) in [6.45, 7) is 3.87. The maximum atomic E-state index is 12.1. The number of aryl methyl sites for hydroxylation is 2. The van der Waals surface area contributed by atoms with Crippen LogP contribution in [-0.2, 0) is 0 Å². The van der Waals surface area contributed by atoms with E-state index in [1.807, 2.05) is 50.2 Å². The third-order valence-corrected chi connectivity index (χ3v) is 3.91. The third kappa shape index (κ3) is 3.51. The number of nitrogens with one attached hydrogen (secondary N) is 1. The van der Waals surface area contributed by atoms with Gasteiger partial charge >= 0.3 is 0 Å². The van der Waals surface area contributed by atoms with Gasteiger partial charge in [-0.25, -0.2) is 15.1 Å². The zero-order valence-electron chi connectivity index (χ0n) is 12.7. The minimum absolute atomic E-state index is 0.322. The number of thiazole rings is 1. The van der Waals surface area contributed by atoms with Crippen molar-refractivity contribution in [3.05, 3.63) is 64.4 Å². The van der Waals surface area contributed by atoms with Gasteiger partial charge in [0.2, 0.25) is 5.13 Å². The Morgan fingerprint density at radius 2 is 2.09 bits per heavy atom. The van der Waals surface area contributed by atoms with E-state index in [4.69, 9.17) is 0 Å². The molecule has 0 spiro atoms. The highest BCUT2D eigenvalue weighted by molar-refractivity contribution is 7.12. The molecule has 1 N–H and O–H groups in total. The van der Waals surface area contributed by atoms with Crippen LogP contribution in [0.15, 0.2) is 46.9 Å². The van der Waals surface area contributed by atoms with Crippen molar-refractivity contribution >= 4 is 23.5 Å². The van der Waals surface area contributed by atoms with Crippen molar-refractivity contribution < 1.29 is 4.79 Å². The maximum Gasteiger partial charge on any atom is 0.290 e. The van der Waals surface area contributed by atoms with Gasteiger partial charge in [0.1, 0.15) is 5.69 Å². The van der Waals surface area contributed by atoms with Crippen molar-refractivity contribution in [3.8, 4) is 5.13 Å². The highest BCUT2D eigenvalue weighted by Gasteiger charge is 2.13. The monoisotopic (exact) mass is 325 g/mol. The van der Waals surface area contributed by atoms with Gasteiger partial charge in [-0.05, 0) is 25.5 Å². The molecule has 1 amide bonds. The van der Waals surface area contributed by atoms with E-state index in [1.54, 1.807) is 16.3 Å². The molecule has 6 nitrogen and oxygen atoms in total. The fraction of sp³-hybridized carbons (Fsp3) is 0.125. The average Bonchev–Trinajstić information content (AvgIpc) is 3.14. The van der Waals surface area contributed by atoms with Gasteiger partial charge in [0.25, 0.3) is 5.91 Å². The van der Waals surface area contributed by atoms with Crippen LogP contribution in [0.25, 0.3) is 5.13 Å². The standard InChI is InChI=1S/C16H15N5OS/c1-11-8-12(2)21(20-11)16-18-14(10-23-16)15(22)19-17-9-13-6-4-3-5-7-13/h3-10H,1-2H3,(H,19,22)/b17-9-. The first-order valence-electron chi connectivity index (χ1n) is 7.01. The van der Waals surface area contributed by atoms with Crippen molar-refractivity contribution in [3.63, 3.8) is 0 Å². The van der Waals surface area contributed by atoms with E-state index in [0.29, 0.717) is 10.8 Å². The van der Waals surface area contributed by atoms with Crippen LogP contribution in [-0.4, -0.2) is 26.9 Å². The highest BCUT2D eigenvalue weighted by Crippen LogP contribution is 2.17. The number of rotatable bonds is 4. The molecule has 1 aromatic carbocycles. The van der Waals surface area contributed by atoms with Crippen molar-refractivity contribution in [1.82, 2.24) is 20.2 Å². The molecule has 0 saturated heterocycles. The van der Waals surface area contributed by atoms with Crippen LogP contribution in [0.1, 0.15) is 27.4 Å². The molecule has 0 unspecified atom stereocenters. The van der Waals surface area contributed by atoms with Gasteiger partial charge in [0, 0.05) is 11.1 Å². The number of aromatic nitrogens is 3. The topological polar surface area (TPSA) is 72.2 Å². The Hall–Kier alpha value is -2.80. The van der Waals surface area contributed by atoms with Crippen LogP contribution in [0, 0.1) is 13.8 Å². The van der Waals surface area contributed by atoms with Gasteiger partial charge in [-0.15, -0.1) is 11.3 Å². The number of hydrazone groups is 1.